The zero-order chi connectivity index (χ0) is 20.1. The summed E-state index contributed by atoms with van der Waals surface area (Å²) in [6.07, 6.45) is 2.72. The van der Waals surface area contributed by atoms with E-state index in [9.17, 15) is 14.4 Å². The maximum absolute atomic E-state index is 12.6. The highest BCUT2D eigenvalue weighted by Crippen LogP contribution is 2.31. The number of amides is 3. The molecule has 9 nitrogen and oxygen atoms in total. The highest BCUT2D eigenvalue weighted by Gasteiger charge is 2.35. The number of piperidine rings is 1. The summed E-state index contributed by atoms with van der Waals surface area (Å²) in [5.74, 6) is 0.824. The number of H-pyrrole nitrogens is 1. The first kappa shape index (κ1) is 20.2. The van der Waals surface area contributed by atoms with Crippen molar-refractivity contribution in [3.8, 4) is 0 Å². The zero-order valence-electron chi connectivity index (χ0n) is 16.6. The fraction of sp³-hybridized carbons (Fsp3) is 0.684. The van der Waals surface area contributed by atoms with Gasteiger partial charge in [0.25, 0.3) is 0 Å². The minimum atomic E-state index is -0.598. The van der Waals surface area contributed by atoms with Crippen LogP contribution in [-0.2, 0) is 20.7 Å². The Labute approximate surface area is 164 Å². The first-order chi connectivity index (χ1) is 13.5. The summed E-state index contributed by atoms with van der Waals surface area (Å²) in [6, 6.07) is 1.90. The molecule has 28 heavy (non-hydrogen) atoms. The quantitative estimate of drug-likeness (QED) is 0.768. The second-order valence-corrected chi connectivity index (χ2v) is 7.69. The third-order valence-corrected chi connectivity index (χ3v) is 5.72. The molecule has 0 spiro atoms. The lowest BCUT2D eigenvalue weighted by Gasteiger charge is -2.35. The normalized spacial score (nSPS) is 22.2. The lowest BCUT2D eigenvalue weighted by Crippen LogP contribution is -2.46. The molecule has 9 heteroatoms. The smallest absolute Gasteiger partial charge is 0.407 e. The number of methoxy groups -OCH3 is 1. The number of carbonyl (C=O) groups is 3. The van der Waals surface area contributed by atoms with Crippen LogP contribution in [0, 0.1) is 18.8 Å². The Bertz CT molecular complexity index is 719. The molecule has 0 radical (unpaired) electrons. The van der Waals surface area contributed by atoms with Gasteiger partial charge in [0.15, 0.2) is 0 Å². The monoisotopic (exact) mass is 391 g/mol. The van der Waals surface area contributed by atoms with Gasteiger partial charge in [-0.3, -0.25) is 14.7 Å². The SMILES string of the molecule is COC(=O)NCC(=O)N1CCCC(C2CCN(C(=O)Cc3cc(C)[nH]n3)C2)C1. The van der Waals surface area contributed by atoms with Gasteiger partial charge < -0.3 is 19.9 Å². The molecular weight excluding hydrogens is 362 g/mol. The minimum absolute atomic E-state index is 0.0439. The molecule has 0 aliphatic carbocycles. The van der Waals surface area contributed by atoms with Crippen LogP contribution in [0.15, 0.2) is 6.07 Å². The standard InChI is InChI=1S/C19H29N5O4/c1-13-8-16(22-21-13)9-17(25)24-7-5-15(12-24)14-4-3-6-23(11-14)18(26)10-20-19(27)28-2/h8,14-15H,3-7,9-12H2,1-2H3,(H,20,27)(H,21,22). The number of hydrogen-bond donors (Lipinski definition) is 2. The summed E-state index contributed by atoms with van der Waals surface area (Å²) in [7, 11) is 1.27. The topological polar surface area (TPSA) is 108 Å². The third kappa shape index (κ3) is 5.02. The van der Waals surface area contributed by atoms with Gasteiger partial charge in [-0.2, -0.15) is 5.10 Å². The molecule has 2 N–H and O–H groups in total. The van der Waals surface area contributed by atoms with E-state index in [4.69, 9.17) is 0 Å². The van der Waals surface area contributed by atoms with Gasteiger partial charge in [0.2, 0.25) is 11.8 Å². The van der Waals surface area contributed by atoms with Crippen LogP contribution in [0.3, 0.4) is 0 Å². The summed E-state index contributed by atoms with van der Waals surface area (Å²) < 4.78 is 4.50. The van der Waals surface area contributed by atoms with Crippen molar-refractivity contribution in [1.82, 2.24) is 25.3 Å². The van der Waals surface area contributed by atoms with Gasteiger partial charge in [-0.05, 0) is 44.1 Å². The van der Waals surface area contributed by atoms with Crippen LogP contribution in [-0.4, -0.2) is 77.7 Å². The average Bonchev–Trinajstić information content (AvgIpc) is 3.35. The number of aromatic nitrogens is 2. The molecule has 2 unspecified atom stereocenters. The van der Waals surface area contributed by atoms with Gasteiger partial charge in [-0.25, -0.2) is 4.79 Å². The van der Waals surface area contributed by atoms with Gasteiger partial charge in [0.05, 0.1) is 19.2 Å². The van der Waals surface area contributed by atoms with E-state index in [2.05, 4.69) is 20.3 Å². The Balaban J connectivity index is 1.48. The lowest BCUT2D eigenvalue weighted by atomic mass is 9.85. The molecule has 154 valence electrons. The van der Waals surface area contributed by atoms with Crippen molar-refractivity contribution >= 4 is 17.9 Å². The molecule has 0 aromatic carbocycles. The van der Waals surface area contributed by atoms with Crippen LogP contribution in [0.25, 0.3) is 0 Å². The van der Waals surface area contributed by atoms with E-state index in [1.807, 2.05) is 22.8 Å². The maximum atomic E-state index is 12.6. The van der Waals surface area contributed by atoms with E-state index in [-0.39, 0.29) is 18.4 Å². The van der Waals surface area contributed by atoms with Crippen LogP contribution >= 0.6 is 0 Å². The molecule has 1 aromatic rings. The number of rotatable bonds is 5. The van der Waals surface area contributed by atoms with Crippen LogP contribution in [0.1, 0.15) is 30.7 Å². The van der Waals surface area contributed by atoms with Gasteiger partial charge in [-0.15, -0.1) is 0 Å². The van der Waals surface area contributed by atoms with Crippen molar-refractivity contribution < 1.29 is 19.1 Å². The molecule has 2 fully saturated rings. The molecule has 0 bridgehead atoms. The average molecular weight is 391 g/mol. The fourth-order valence-electron chi connectivity index (χ4n) is 4.18. The highest BCUT2D eigenvalue weighted by atomic mass is 16.5. The molecule has 3 rings (SSSR count). The Hall–Kier alpha value is -2.58. The highest BCUT2D eigenvalue weighted by molar-refractivity contribution is 5.82. The number of ether oxygens (including phenoxy) is 1. The molecule has 2 aliphatic rings. The van der Waals surface area contributed by atoms with E-state index >= 15 is 0 Å². The number of alkyl carbamates (subject to hydrolysis) is 1. The van der Waals surface area contributed by atoms with Gasteiger partial charge in [0.1, 0.15) is 6.54 Å². The first-order valence-corrected chi connectivity index (χ1v) is 9.84. The van der Waals surface area contributed by atoms with Gasteiger partial charge >= 0.3 is 6.09 Å². The van der Waals surface area contributed by atoms with Crippen molar-refractivity contribution in [2.45, 2.75) is 32.6 Å². The minimum Gasteiger partial charge on any atom is -0.453 e. The lowest BCUT2D eigenvalue weighted by molar-refractivity contribution is -0.133. The zero-order valence-corrected chi connectivity index (χ0v) is 16.6. The van der Waals surface area contributed by atoms with Crippen molar-refractivity contribution in [3.63, 3.8) is 0 Å². The van der Waals surface area contributed by atoms with Gasteiger partial charge in [-0.1, -0.05) is 0 Å². The summed E-state index contributed by atoms with van der Waals surface area (Å²) >= 11 is 0. The molecule has 0 saturated carbocycles. The Morgan fingerprint density at radius 2 is 1.89 bits per heavy atom. The predicted molar refractivity (Wildman–Crippen MR) is 101 cm³/mol. The van der Waals surface area contributed by atoms with E-state index in [1.54, 1.807) is 0 Å². The third-order valence-electron chi connectivity index (χ3n) is 5.72. The van der Waals surface area contributed by atoms with Crippen LogP contribution in [0.5, 0.6) is 0 Å². The number of hydrogen-bond acceptors (Lipinski definition) is 5. The molecule has 1 aromatic heterocycles. The predicted octanol–water partition coefficient (Wildman–Crippen LogP) is 0.704. The summed E-state index contributed by atoms with van der Waals surface area (Å²) in [4.78, 5) is 39.8. The molecule has 2 aliphatic heterocycles. The van der Waals surface area contributed by atoms with Crippen LogP contribution in [0.2, 0.25) is 0 Å². The molecule has 2 atom stereocenters. The maximum Gasteiger partial charge on any atom is 0.407 e. The largest absolute Gasteiger partial charge is 0.453 e. The van der Waals surface area contributed by atoms with E-state index in [0.29, 0.717) is 31.3 Å². The number of aryl methyl sites for hydroxylation is 1. The van der Waals surface area contributed by atoms with E-state index in [1.165, 1.54) is 7.11 Å². The number of carbonyl (C=O) groups excluding carboxylic acids is 3. The Morgan fingerprint density at radius 1 is 1.18 bits per heavy atom. The van der Waals surface area contributed by atoms with Gasteiger partial charge in [0, 0.05) is 31.9 Å². The van der Waals surface area contributed by atoms with Crippen molar-refractivity contribution in [2.75, 3.05) is 39.8 Å². The van der Waals surface area contributed by atoms with Crippen molar-refractivity contribution in [1.29, 1.82) is 0 Å². The number of nitrogens with zero attached hydrogens (tertiary/aromatic N) is 3. The molecule has 3 amide bonds. The second kappa shape index (κ2) is 9.07. The Morgan fingerprint density at radius 3 is 2.57 bits per heavy atom. The molecule has 2 saturated heterocycles. The van der Waals surface area contributed by atoms with Crippen LogP contribution < -0.4 is 5.32 Å². The summed E-state index contributed by atoms with van der Waals surface area (Å²) in [5.41, 5.74) is 1.73. The van der Waals surface area contributed by atoms with E-state index < -0.39 is 6.09 Å². The van der Waals surface area contributed by atoms with Crippen molar-refractivity contribution in [2.24, 2.45) is 11.8 Å². The summed E-state index contributed by atoms with van der Waals surface area (Å²) in [5, 5.41) is 9.46. The van der Waals surface area contributed by atoms with Crippen molar-refractivity contribution in [3.05, 3.63) is 17.5 Å². The summed E-state index contributed by atoms with van der Waals surface area (Å²) in [6.45, 7) is 4.79. The first-order valence-electron chi connectivity index (χ1n) is 9.84. The van der Waals surface area contributed by atoms with E-state index in [0.717, 1.165) is 43.7 Å². The number of aromatic amines is 1. The molecule has 3 heterocycles. The van der Waals surface area contributed by atoms with Crippen LogP contribution in [0.4, 0.5) is 4.79 Å². The number of likely N-dealkylation sites (tertiary alicyclic amines) is 2. The fourth-order valence-corrected chi connectivity index (χ4v) is 4.18. The Kier molecular flexibility index (Phi) is 6.53. The number of nitrogens with one attached hydrogen (secondary N) is 2. The second-order valence-electron chi connectivity index (χ2n) is 7.69. The molecular formula is C19H29N5O4.